The molecule has 0 aliphatic carbocycles. The second kappa shape index (κ2) is 11.2. The highest BCUT2D eigenvalue weighted by Crippen LogP contribution is 2.16. The summed E-state index contributed by atoms with van der Waals surface area (Å²) in [5.41, 5.74) is 0. The maximum atomic E-state index is 12.3. The number of carbonyl (C=O) groups excluding carboxylic acids is 2. The van der Waals surface area contributed by atoms with Crippen LogP contribution < -0.4 is 5.32 Å². The molecule has 1 heterocycles. The summed E-state index contributed by atoms with van der Waals surface area (Å²) in [6, 6.07) is 0. The number of hydrogen-bond donors (Lipinski definition) is 1. The molecule has 0 spiro atoms. The Labute approximate surface area is 143 Å². The first-order valence-electron chi connectivity index (χ1n) is 8.56. The lowest BCUT2D eigenvalue weighted by Crippen LogP contribution is -2.38. The lowest BCUT2D eigenvalue weighted by atomic mass is 10.1. The highest BCUT2D eigenvalue weighted by molar-refractivity contribution is 7.15. The monoisotopic (exact) mass is 339 g/mol. The fourth-order valence-electron chi connectivity index (χ4n) is 2.25. The zero-order valence-electron chi connectivity index (χ0n) is 14.6. The Morgan fingerprint density at radius 2 is 1.91 bits per heavy atom. The van der Waals surface area contributed by atoms with Gasteiger partial charge in [-0.05, 0) is 19.8 Å². The summed E-state index contributed by atoms with van der Waals surface area (Å²) in [7, 11) is 0. The van der Waals surface area contributed by atoms with E-state index >= 15 is 0 Å². The first-order chi connectivity index (χ1) is 11.1. The van der Waals surface area contributed by atoms with Crippen LogP contribution in [0.25, 0.3) is 0 Å². The van der Waals surface area contributed by atoms with E-state index in [0.29, 0.717) is 18.1 Å². The van der Waals surface area contributed by atoms with Gasteiger partial charge in [-0.25, -0.2) is 4.98 Å². The second-order valence-corrected chi connectivity index (χ2v) is 7.04. The number of nitrogens with zero attached hydrogens (tertiary/aromatic N) is 2. The van der Waals surface area contributed by atoms with Gasteiger partial charge in [0.1, 0.15) is 0 Å². The molecule has 0 saturated carbocycles. The first kappa shape index (κ1) is 19.6. The number of anilines is 1. The number of amides is 2. The normalized spacial score (nSPS) is 10.6. The predicted octanol–water partition coefficient (Wildman–Crippen LogP) is 3.99. The zero-order valence-corrected chi connectivity index (χ0v) is 15.4. The summed E-state index contributed by atoms with van der Waals surface area (Å²) in [4.78, 5) is 31.3. The van der Waals surface area contributed by atoms with Crippen molar-refractivity contribution >= 4 is 28.3 Å². The number of unbranched alkanes of at least 4 members (excludes halogenated alkanes) is 4. The number of hydrogen-bond acceptors (Lipinski definition) is 4. The van der Waals surface area contributed by atoms with E-state index in [0.717, 1.165) is 43.4 Å². The quantitative estimate of drug-likeness (QED) is 0.620. The van der Waals surface area contributed by atoms with Gasteiger partial charge in [0.15, 0.2) is 5.13 Å². The molecule has 23 heavy (non-hydrogen) atoms. The van der Waals surface area contributed by atoms with Crippen molar-refractivity contribution in [2.45, 2.75) is 65.7 Å². The molecular formula is C17H29N3O2S. The Hall–Kier alpha value is -1.43. The number of carbonyl (C=O) groups is 2. The van der Waals surface area contributed by atoms with Gasteiger partial charge in [0.25, 0.3) is 0 Å². The lowest BCUT2D eigenvalue weighted by molar-refractivity contribution is -0.134. The van der Waals surface area contributed by atoms with Gasteiger partial charge < -0.3 is 10.2 Å². The molecule has 1 aromatic heterocycles. The van der Waals surface area contributed by atoms with Crippen LogP contribution in [0, 0.1) is 6.92 Å². The zero-order chi connectivity index (χ0) is 17.1. The van der Waals surface area contributed by atoms with Crippen LogP contribution >= 0.6 is 11.3 Å². The van der Waals surface area contributed by atoms with Crippen LogP contribution in [0.5, 0.6) is 0 Å². The Morgan fingerprint density at radius 1 is 1.17 bits per heavy atom. The number of aromatic nitrogens is 1. The first-order valence-corrected chi connectivity index (χ1v) is 9.38. The van der Waals surface area contributed by atoms with E-state index in [1.165, 1.54) is 11.3 Å². The third kappa shape index (κ3) is 8.11. The van der Waals surface area contributed by atoms with E-state index in [9.17, 15) is 9.59 Å². The molecule has 1 rings (SSSR count). The summed E-state index contributed by atoms with van der Waals surface area (Å²) in [5.74, 6) is -0.0858. The molecule has 0 aliphatic rings. The molecule has 0 fully saturated rings. The SMILES string of the molecule is CCCCCCC(=O)N(CCCC)CC(=O)Nc1ncc(C)s1. The van der Waals surface area contributed by atoms with Gasteiger partial charge in [-0.15, -0.1) is 11.3 Å². The number of aryl methyl sites for hydroxylation is 1. The summed E-state index contributed by atoms with van der Waals surface area (Å²) >= 11 is 1.44. The summed E-state index contributed by atoms with van der Waals surface area (Å²) < 4.78 is 0. The molecule has 6 heteroatoms. The fourth-order valence-corrected chi connectivity index (χ4v) is 2.93. The van der Waals surface area contributed by atoms with Crippen molar-refractivity contribution in [3.8, 4) is 0 Å². The Bertz CT molecular complexity index is 488. The molecule has 1 N–H and O–H groups in total. The van der Waals surface area contributed by atoms with Crippen molar-refractivity contribution in [3.05, 3.63) is 11.1 Å². The van der Waals surface area contributed by atoms with E-state index in [1.807, 2.05) is 6.92 Å². The summed E-state index contributed by atoms with van der Waals surface area (Å²) in [5, 5.41) is 3.37. The lowest BCUT2D eigenvalue weighted by Gasteiger charge is -2.21. The van der Waals surface area contributed by atoms with Gasteiger partial charge in [-0.1, -0.05) is 39.5 Å². The minimum absolute atomic E-state index is 0.0834. The summed E-state index contributed by atoms with van der Waals surface area (Å²) in [6.07, 6.45) is 8.49. The van der Waals surface area contributed by atoms with Gasteiger partial charge in [0, 0.05) is 24.0 Å². The van der Waals surface area contributed by atoms with Gasteiger partial charge in [0.05, 0.1) is 6.54 Å². The van der Waals surface area contributed by atoms with Crippen LogP contribution in [0.1, 0.15) is 63.7 Å². The maximum Gasteiger partial charge on any atom is 0.245 e. The largest absolute Gasteiger partial charge is 0.333 e. The van der Waals surface area contributed by atoms with E-state index in [2.05, 4.69) is 24.1 Å². The Morgan fingerprint density at radius 3 is 2.52 bits per heavy atom. The van der Waals surface area contributed by atoms with Gasteiger partial charge in [-0.2, -0.15) is 0 Å². The highest BCUT2D eigenvalue weighted by atomic mass is 32.1. The summed E-state index contributed by atoms with van der Waals surface area (Å²) in [6.45, 7) is 6.95. The smallest absolute Gasteiger partial charge is 0.245 e. The second-order valence-electron chi connectivity index (χ2n) is 5.80. The molecule has 130 valence electrons. The van der Waals surface area contributed by atoms with Gasteiger partial charge >= 0.3 is 0 Å². The maximum absolute atomic E-state index is 12.3. The molecule has 5 nitrogen and oxygen atoms in total. The van der Waals surface area contributed by atoms with Crippen molar-refractivity contribution < 1.29 is 9.59 Å². The van der Waals surface area contributed by atoms with Gasteiger partial charge in [0.2, 0.25) is 11.8 Å². The third-order valence-corrected chi connectivity index (χ3v) is 4.41. The van der Waals surface area contributed by atoms with Crippen molar-refractivity contribution in [3.63, 3.8) is 0 Å². The fraction of sp³-hybridized carbons (Fsp3) is 0.706. The standard InChI is InChI=1S/C17H29N3O2S/c1-4-6-8-9-10-16(22)20(11-7-5-2)13-15(21)19-17-18-12-14(3)23-17/h12H,4-11,13H2,1-3H3,(H,18,19,21). The highest BCUT2D eigenvalue weighted by Gasteiger charge is 2.17. The molecule has 2 amide bonds. The molecule has 0 aromatic carbocycles. The van der Waals surface area contributed by atoms with Crippen molar-refractivity contribution in [1.29, 1.82) is 0 Å². The molecular weight excluding hydrogens is 310 g/mol. The van der Waals surface area contributed by atoms with Crippen molar-refractivity contribution in [1.82, 2.24) is 9.88 Å². The van der Waals surface area contributed by atoms with Crippen LogP contribution in [0.4, 0.5) is 5.13 Å². The predicted molar refractivity (Wildman–Crippen MR) is 95.7 cm³/mol. The minimum Gasteiger partial charge on any atom is -0.333 e. The Balaban J connectivity index is 2.48. The van der Waals surface area contributed by atoms with Crippen LogP contribution in [-0.2, 0) is 9.59 Å². The van der Waals surface area contributed by atoms with E-state index < -0.39 is 0 Å². The average Bonchev–Trinajstić information content (AvgIpc) is 2.92. The Kier molecular flexibility index (Phi) is 9.52. The van der Waals surface area contributed by atoms with Crippen molar-refractivity contribution in [2.75, 3.05) is 18.4 Å². The van der Waals surface area contributed by atoms with Gasteiger partial charge in [-0.3, -0.25) is 9.59 Å². The van der Waals surface area contributed by atoms with Crippen LogP contribution in [0.15, 0.2) is 6.20 Å². The molecule has 1 aromatic rings. The van der Waals surface area contributed by atoms with E-state index in [1.54, 1.807) is 11.1 Å². The minimum atomic E-state index is -0.169. The molecule has 0 unspecified atom stereocenters. The average molecular weight is 340 g/mol. The molecule has 0 saturated heterocycles. The number of rotatable bonds is 11. The van der Waals surface area contributed by atoms with Crippen LogP contribution in [0.2, 0.25) is 0 Å². The molecule has 0 bridgehead atoms. The third-order valence-electron chi connectivity index (χ3n) is 3.58. The van der Waals surface area contributed by atoms with Crippen LogP contribution in [0.3, 0.4) is 0 Å². The number of thiazole rings is 1. The molecule has 0 radical (unpaired) electrons. The van der Waals surface area contributed by atoms with E-state index in [4.69, 9.17) is 0 Å². The topological polar surface area (TPSA) is 62.3 Å². The number of nitrogens with one attached hydrogen (secondary N) is 1. The van der Waals surface area contributed by atoms with Crippen molar-refractivity contribution in [2.24, 2.45) is 0 Å². The van der Waals surface area contributed by atoms with E-state index in [-0.39, 0.29) is 18.4 Å². The molecule has 0 aliphatic heterocycles. The molecule has 0 atom stereocenters. The van der Waals surface area contributed by atoms with Crippen LogP contribution in [-0.4, -0.2) is 34.8 Å².